The van der Waals surface area contributed by atoms with Gasteiger partial charge in [0, 0.05) is 60.2 Å². The summed E-state index contributed by atoms with van der Waals surface area (Å²) < 4.78 is 15.1. The molecule has 1 aromatic carbocycles. The molecule has 6 spiro atoms. The van der Waals surface area contributed by atoms with Crippen molar-refractivity contribution in [2.75, 3.05) is 19.6 Å². The van der Waals surface area contributed by atoms with Crippen molar-refractivity contribution < 1.29 is 24.2 Å². The number of rotatable bonds is 4. The summed E-state index contributed by atoms with van der Waals surface area (Å²) in [4.78, 5) is 38.7. The number of nitrogens with zero attached hydrogens (tertiary/aromatic N) is 2. The zero-order valence-corrected chi connectivity index (χ0v) is 45.2. The summed E-state index contributed by atoms with van der Waals surface area (Å²) in [6, 6.07) is 7.85. The lowest BCUT2D eigenvalue weighted by atomic mass is 9.27. The summed E-state index contributed by atoms with van der Waals surface area (Å²) in [5.74, 6) is 4.29. The van der Waals surface area contributed by atoms with Crippen LogP contribution in [-0.4, -0.2) is 64.6 Å². The van der Waals surface area contributed by atoms with Crippen LogP contribution in [0.25, 0.3) is 0 Å². The van der Waals surface area contributed by atoms with Crippen LogP contribution in [0.5, 0.6) is 0 Å². The molecule has 6 saturated carbocycles. The minimum Gasteiger partial charge on any atom is -0.508 e. The van der Waals surface area contributed by atoms with Gasteiger partial charge in [-0.25, -0.2) is 4.79 Å². The number of aliphatic hydroxyl groups excluding tert-OH is 1. The number of aliphatic hydroxyl groups is 1. The van der Waals surface area contributed by atoms with Gasteiger partial charge in [-0.05, 0) is 216 Å². The lowest BCUT2D eigenvalue weighted by molar-refractivity contribution is -0.282. The summed E-state index contributed by atoms with van der Waals surface area (Å²) in [6.45, 7) is 5.49. The van der Waals surface area contributed by atoms with Crippen LogP contribution in [0.15, 0.2) is 64.3 Å². The molecule has 8 aliphatic heterocycles. The number of nitrogens with two attached hydrogens (primary N) is 1. The summed E-state index contributed by atoms with van der Waals surface area (Å²) >= 11 is 0. The third kappa shape index (κ3) is 5.09. The molecule has 10 aliphatic carbocycles. The predicted molar refractivity (Wildman–Crippen MR) is 286 cm³/mol. The van der Waals surface area contributed by atoms with E-state index in [0.717, 1.165) is 49.8 Å². The summed E-state index contributed by atoms with van der Waals surface area (Å²) in [5.41, 5.74) is 13.1. The first-order chi connectivity index (χ1) is 36.6. The van der Waals surface area contributed by atoms with Crippen LogP contribution in [-0.2, 0) is 26.3 Å². The molecular formula is C67H85N3O5. The van der Waals surface area contributed by atoms with E-state index in [4.69, 9.17) is 15.2 Å². The van der Waals surface area contributed by atoms with Crippen LogP contribution < -0.4 is 5.73 Å². The van der Waals surface area contributed by atoms with E-state index in [9.17, 15) is 5.11 Å². The number of hydrogen-bond acceptors (Lipinski definition) is 8. The number of allylic oxidation sites excluding steroid dienone is 4. The predicted octanol–water partition coefficient (Wildman–Crippen LogP) is 12.8. The average Bonchev–Trinajstić information content (AvgIpc) is 4.42. The molecule has 0 radical (unpaired) electrons. The highest BCUT2D eigenvalue weighted by atomic mass is 16.6. The molecule has 0 amide bonds. The van der Waals surface area contributed by atoms with E-state index in [1.807, 2.05) is 0 Å². The highest BCUT2D eigenvalue weighted by Crippen LogP contribution is 2.89. The van der Waals surface area contributed by atoms with Crippen molar-refractivity contribution in [2.24, 2.45) is 97.9 Å². The normalized spacial score (nSPS) is 48.6. The fourth-order valence-electron chi connectivity index (χ4n) is 26.4. The molecule has 8 heteroatoms. The number of hydrogen-bond donors (Lipinski definition) is 2. The van der Waals surface area contributed by atoms with Crippen molar-refractivity contribution in [1.29, 1.82) is 0 Å². The Balaban J connectivity index is 0.936. The van der Waals surface area contributed by atoms with Gasteiger partial charge in [-0.1, -0.05) is 86.9 Å². The number of aryl methyl sites for hydroxylation is 1. The summed E-state index contributed by atoms with van der Waals surface area (Å²) in [6.07, 6.45) is 37.5. The van der Waals surface area contributed by atoms with Gasteiger partial charge >= 0.3 is 11.9 Å². The maximum atomic E-state index is 16.9. The molecule has 8 nitrogen and oxygen atoms in total. The highest BCUT2D eigenvalue weighted by Gasteiger charge is 2.94. The third-order valence-corrected chi connectivity index (χ3v) is 28.2. The standard InChI is InChI=1S/C67H85N3O5/c1-37-28-42-17-18-50-44-29-45-34-69(50)56(42)53-46-20-26-65-59(57(71)48-31-43-19-25-62(58(48)70(33-44)55(43)45)35-63(21-4-5-22-63)64(36-62)23-6-7-24-64)74-61(73)66(65)51(67(65)49-14-8-12-39(13-9-27-68)52(49)60(72)75-67)32-40(38-10-2-3-11-38)15-16-41(54(46)66)30-47(37)53/h8,12,14-16,37-38,40-41,43-45,47-48,50-51,53,55,58,71H,2-7,9-11,13,17-36,68H2,1H3/b16-15-,59-57+/t37-,40+,41+,43+,44-,45-,47+,48-,50-,51-,53-,55-,58+,65+,66+,67+/m0/s1. The first-order valence-corrected chi connectivity index (χ1v) is 32.0. The Morgan fingerprint density at radius 3 is 2.40 bits per heavy atom. The number of fused-ring (bicyclic) bond motifs is 8. The molecule has 398 valence electrons. The van der Waals surface area contributed by atoms with Crippen LogP contribution in [0.4, 0.5) is 0 Å². The van der Waals surface area contributed by atoms with Gasteiger partial charge in [0.15, 0.2) is 11.4 Å². The minimum atomic E-state index is -1.13. The monoisotopic (exact) mass is 1010 g/mol. The molecule has 9 bridgehead atoms. The molecule has 5 saturated heterocycles. The van der Waals surface area contributed by atoms with E-state index in [0.29, 0.717) is 101 Å². The number of carbonyl (C=O) groups excluding carboxylic acids is 2. The molecule has 0 aromatic heterocycles. The second-order valence-electron chi connectivity index (χ2n) is 30.1. The number of piperidine rings is 3. The first kappa shape index (κ1) is 45.5. The van der Waals surface area contributed by atoms with Gasteiger partial charge in [0.05, 0.1) is 11.0 Å². The van der Waals surface area contributed by atoms with Gasteiger partial charge in [0.2, 0.25) is 0 Å². The van der Waals surface area contributed by atoms with Crippen LogP contribution in [0, 0.1) is 92.2 Å². The van der Waals surface area contributed by atoms with E-state index in [2.05, 4.69) is 47.1 Å². The van der Waals surface area contributed by atoms with Gasteiger partial charge in [-0.2, -0.15) is 0 Å². The SMILES string of the molecule is C[C@H]1CC2=C3[C@H]4C5=C6[C@H](/C=C\[C@@H](C7CCCC7)C[C@H]7[C@]68C(=O)O/C(=C(/O)[C@@H]6C[C@H]9CCC%10(CC%11(CCCC%11)C%11(CCCC%11)C%10)[C@@H]6N6C[C@@H]%10C[C@@H](CN3[C@H]%10CC2)[C@H]96)[C@@]8(CC5)[C@]72OC(=O)c3c(CCCN)cccc32)C[C@@H]41. The Kier molecular flexibility index (Phi) is 9.16. The fourth-order valence-corrected chi connectivity index (χ4v) is 26.4. The third-order valence-electron chi connectivity index (χ3n) is 28.2. The van der Waals surface area contributed by atoms with Crippen molar-refractivity contribution in [1.82, 2.24) is 9.80 Å². The van der Waals surface area contributed by atoms with Gasteiger partial charge < -0.3 is 25.2 Å². The Hall–Kier alpha value is -3.36. The Morgan fingerprint density at radius 1 is 0.813 bits per heavy atom. The van der Waals surface area contributed by atoms with Gasteiger partial charge in [0.1, 0.15) is 11.2 Å². The van der Waals surface area contributed by atoms with E-state index in [-0.39, 0.29) is 47.1 Å². The van der Waals surface area contributed by atoms with E-state index >= 15 is 9.59 Å². The molecule has 11 fully saturated rings. The molecule has 16 atom stereocenters. The molecule has 19 rings (SSSR count). The first-order valence-electron chi connectivity index (χ1n) is 32.0. The maximum Gasteiger partial charge on any atom is 0.339 e. The van der Waals surface area contributed by atoms with Gasteiger partial charge in [0.25, 0.3) is 0 Å². The van der Waals surface area contributed by atoms with Gasteiger partial charge in [-0.15, -0.1) is 0 Å². The van der Waals surface area contributed by atoms with Crippen LogP contribution >= 0.6 is 0 Å². The van der Waals surface area contributed by atoms with Crippen molar-refractivity contribution in [2.45, 2.75) is 204 Å². The van der Waals surface area contributed by atoms with Crippen molar-refractivity contribution >= 4 is 11.9 Å². The molecule has 0 unspecified atom stereocenters. The van der Waals surface area contributed by atoms with E-state index in [1.165, 1.54) is 141 Å². The molecular weight excluding hydrogens is 927 g/mol. The maximum absolute atomic E-state index is 16.9. The van der Waals surface area contributed by atoms with Crippen LogP contribution in [0.3, 0.4) is 0 Å². The topological polar surface area (TPSA) is 105 Å². The van der Waals surface area contributed by atoms with Crippen LogP contribution in [0.1, 0.15) is 195 Å². The smallest absolute Gasteiger partial charge is 0.339 e. The van der Waals surface area contributed by atoms with Crippen molar-refractivity contribution in [3.63, 3.8) is 0 Å². The number of esters is 2. The van der Waals surface area contributed by atoms with Crippen LogP contribution in [0.2, 0.25) is 0 Å². The fraction of sp³-hybridized carbons (Fsp3) is 0.761. The molecule has 1 aromatic rings. The van der Waals surface area contributed by atoms with Crippen molar-refractivity contribution in [3.05, 3.63) is 81.0 Å². The van der Waals surface area contributed by atoms with E-state index in [1.54, 1.807) is 16.8 Å². The molecule has 75 heavy (non-hydrogen) atoms. The number of benzene rings is 1. The number of ether oxygens (including phenoxy) is 2. The van der Waals surface area contributed by atoms with E-state index < -0.39 is 16.4 Å². The largest absolute Gasteiger partial charge is 0.508 e. The molecule has 8 heterocycles. The lowest BCUT2D eigenvalue weighted by Gasteiger charge is -2.73. The average molecular weight is 1010 g/mol. The number of carbonyl (C=O) groups is 2. The van der Waals surface area contributed by atoms with Crippen molar-refractivity contribution in [3.8, 4) is 0 Å². The molecule has 18 aliphatic rings. The molecule has 3 N–H and O–H groups in total. The second-order valence-corrected chi connectivity index (χ2v) is 30.1. The summed E-state index contributed by atoms with van der Waals surface area (Å²) in [7, 11) is 0. The quantitative estimate of drug-likeness (QED) is 0.227. The zero-order valence-electron chi connectivity index (χ0n) is 45.2. The van der Waals surface area contributed by atoms with Gasteiger partial charge in [-0.3, -0.25) is 9.69 Å². The Bertz CT molecular complexity index is 2830. The second kappa shape index (κ2) is 15.1. The minimum absolute atomic E-state index is 0.108. The highest BCUT2D eigenvalue weighted by molar-refractivity contribution is 6.00. The zero-order chi connectivity index (χ0) is 49.8. The Labute approximate surface area is 446 Å². The Morgan fingerprint density at radius 2 is 1.61 bits per heavy atom. The summed E-state index contributed by atoms with van der Waals surface area (Å²) in [5, 5.41) is 14.6. The lowest BCUT2D eigenvalue weighted by Crippen LogP contribution is -2.78.